The number of nitrogen functional groups attached to an aromatic ring is 1. The Morgan fingerprint density at radius 3 is 1.57 bits per heavy atom. The lowest BCUT2D eigenvalue weighted by atomic mass is 10.1. The molecule has 2 aliphatic rings. The average molecular weight is 654 g/mol. The van der Waals surface area contributed by atoms with Crippen molar-refractivity contribution in [1.29, 1.82) is 0 Å². The Bertz CT molecular complexity index is 1530. The number of carboxylic acid groups (broad SMARTS) is 2. The first-order valence-electron chi connectivity index (χ1n) is 13.4. The van der Waals surface area contributed by atoms with Gasteiger partial charge in [-0.3, -0.25) is 18.7 Å². The van der Waals surface area contributed by atoms with E-state index in [4.69, 9.17) is 35.6 Å². The second kappa shape index (κ2) is 14.6. The van der Waals surface area contributed by atoms with Crippen LogP contribution in [-0.2, 0) is 19.1 Å². The second-order valence-electron chi connectivity index (χ2n) is 9.85. The van der Waals surface area contributed by atoms with Crippen LogP contribution in [0.4, 0.5) is 5.82 Å². The first-order chi connectivity index (χ1) is 21.9. The van der Waals surface area contributed by atoms with Crippen LogP contribution in [0.1, 0.15) is 25.3 Å². The van der Waals surface area contributed by atoms with Gasteiger partial charge in [-0.05, 0) is 0 Å². The molecule has 22 nitrogen and oxygen atoms in total. The number of ether oxygens (including phenoxy) is 2. The van der Waals surface area contributed by atoms with Crippen molar-refractivity contribution in [3.05, 3.63) is 25.3 Å². The number of anilines is 1. The Balaban J connectivity index is 0.000000170. The van der Waals surface area contributed by atoms with E-state index in [0.29, 0.717) is 11.2 Å². The third-order valence-electron chi connectivity index (χ3n) is 6.86. The summed E-state index contributed by atoms with van der Waals surface area (Å²) in [6.45, 7) is -0.805. The number of hydrogen-bond acceptors (Lipinski definition) is 18. The highest BCUT2D eigenvalue weighted by Crippen LogP contribution is 2.33. The van der Waals surface area contributed by atoms with Crippen molar-refractivity contribution < 1.29 is 65.0 Å². The Hall–Kier alpha value is -4.68. The fraction of sp³-hybridized carbons (Fsp3) is 0.500. The van der Waals surface area contributed by atoms with Crippen LogP contribution in [0.2, 0.25) is 0 Å². The summed E-state index contributed by atoms with van der Waals surface area (Å²) in [5, 5.41) is 82.7. The van der Waals surface area contributed by atoms with Gasteiger partial charge in [0.1, 0.15) is 54.8 Å². The predicted molar refractivity (Wildman–Crippen MR) is 147 cm³/mol. The van der Waals surface area contributed by atoms with Crippen LogP contribution >= 0.6 is 0 Å². The number of aliphatic hydroxyl groups excluding tert-OH is 6. The minimum Gasteiger partial charge on any atom is -0.492 e. The third-order valence-corrected chi connectivity index (χ3v) is 6.86. The van der Waals surface area contributed by atoms with Gasteiger partial charge in [-0.15, -0.1) is 0 Å². The highest BCUT2D eigenvalue weighted by molar-refractivity contribution is 5.81. The Kier molecular flexibility index (Phi) is 10.9. The van der Waals surface area contributed by atoms with Gasteiger partial charge < -0.3 is 61.2 Å². The summed E-state index contributed by atoms with van der Waals surface area (Å²) in [7, 11) is 0. The van der Waals surface area contributed by atoms with E-state index in [0.717, 1.165) is 6.33 Å². The molecule has 8 atom stereocenters. The SMILES string of the molecule is Nc1ncnc2c1ncn2[C@@H]1O[C@H](CO)[C@@H](O)[C@H]1O.O=C(O)CCC(=O)O.OC[C@H]1O[C@@H](n2cnc3c(O)ncnc32)[C@H](O)[C@@H]1O. The summed E-state index contributed by atoms with van der Waals surface area (Å²) in [5.41, 5.74) is 6.88. The van der Waals surface area contributed by atoms with Crippen LogP contribution in [0.15, 0.2) is 25.3 Å². The first-order valence-corrected chi connectivity index (χ1v) is 13.4. The van der Waals surface area contributed by atoms with Gasteiger partial charge in [-0.1, -0.05) is 0 Å². The van der Waals surface area contributed by atoms with Gasteiger partial charge in [0, 0.05) is 0 Å². The molecular weight excluding hydrogens is 622 g/mol. The molecule has 6 rings (SSSR count). The molecule has 2 saturated heterocycles. The molecule has 0 aromatic carbocycles. The molecule has 0 unspecified atom stereocenters. The minimum atomic E-state index is -1.23. The fourth-order valence-corrected chi connectivity index (χ4v) is 4.52. The number of hydrogen-bond donors (Lipinski definition) is 10. The van der Waals surface area contributed by atoms with Crippen molar-refractivity contribution in [2.45, 2.75) is 61.9 Å². The van der Waals surface area contributed by atoms with E-state index in [-0.39, 0.29) is 35.7 Å². The lowest BCUT2D eigenvalue weighted by Gasteiger charge is -2.16. The van der Waals surface area contributed by atoms with E-state index < -0.39 is 74.2 Å². The number of imidazole rings is 2. The van der Waals surface area contributed by atoms with Gasteiger partial charge in [0.2, 0.25) is 5.88 Å². The number of carbonyl (C=O) groups is 2. The lowest BCUT2D eigenvalue weighted by Crippen LogP contribution is -2.33. The average Bonchev–Trinajstić information content (AvgIpc) is 3.79. The van der Waals surface area contributed by atoms with Gasteiger partial charge in [0.05, 0.1) is 38.7 Å². The molecule has 2 fully saturated rings. The molecule has 6 heterocycles. The number of aromatic nitrogens is 8. The zero-order valence-electron chi connectivity index (χ0n) is 23.6. The molecule has 4 aromatic heterocycles. The number of nitrogens with zero attached hydrogens (tertiary/aromatic N) is 8. The maximum absolute atomic E-state index is 9.95. The monoisotopic (exact) mass is 653 g/mol. The van der Waals surface area contributed by atoms with Gasteiger partial charge in [0.15, 0.2) is 35.1 Å². The number of nitrogens with two attached hydrogens (primary N) is 1. The molecule has 0 saturated carbocycles. The van der Waals surface area contributed by atoms with Crippen molar-refractivity contribution in [2.24, 2.45) is 0 Å². The highest BCUT2D eigenvalue weighted by Gasteiger charge is 2.45. The molecule has 22 heteroatoms. The summed E-state index contributed by atoms with van der Waals surface area (Å²) in [4.78, 5) is 42.6. The largest absolute Gasteiger partial charge is 0.492 e. The van der Waals surface area contributed by atoms with Crippen molar-refractivity contribution in [3.8, 4) is 5.88 Å². The molecule has 0 aliphatic carbocycles. The third kappa shape index (κ3) is 7.08. The fourth-order valence-electron chi connectivity index (χ4n) is 4.52. The molecule has 46 heavy (non-hydrogen) atoms. The normalized spacial score (nSPS) is 27.2. The molecular formula is C24H31N9O13. The van der Waals surface area contributed by atoms with Crippen LogP contribution < -0.4 is 5.73 Å². The topological polar surface area (TPSA) is 348 Å². The number of fused-ring (bicyclic) bond motifs is 2. The highest BCUT2D eigenvalue weighted by atomic mass is 16.6. The minimum absolute atomic E-state index is 0.167. The molecule has 250 valence electrons. The zero-order chi connectivity index (χ0) is 33.7. The summed E-state index contributed by atoms with van der Waals surface area (Å²) >= 11 is 0. The summed E-state index contributed by atoms with van der Waals surface area (Å²) in [6.07, 6.45) is -3.80. The van der Waals surface area contributed by atoms with E-state index in [2.05, 4.69) is 29.9 Å². The molecule has 0 spiro atoms. The van der Waals surface area contributed by atoms with E-state index in [9.17, 15) is 35.1 Å². The van der Waals surface area contributed by atoms with Gasteiger partial charge >= 0.3 is 11.9 Å². The lowest BCUT2D eigenvalue weighted by molar-refractivity contribution is -0.143. The summed E-state index contributed by atoms with van der Waals surface area (Å²) < 4.78 is 13.6. The number of aliphatic carboxylic acids is 2. The van der Waals surface area contributed by atoms with Crippen LogP contribution in [0, 0.1) is 0 Å². The van der Waals surface area contributed by atoms with Crippen LogP contribution in [0.25, 0.3) is 22.3 Å². The van der Waals surface area contributed by atoms with E-state index >= 15 is 0 Å². The molecule has 0 amide bonds. The van der Waals surface area contributed by atoms with Crippen LogP contribution in [0.3, 0.4) is 0 Å². The molecule has 4 aromatic rings. The van der Waals surface area contributed by atoms with Gasteiger partial charge in [0.25, 0.3) is 0 Å². The van der Waals surface area contributed by atoms with Crippen molar-refractivity contribution >= 4 is 40.1 Å². The molecule has 0 radical (unpaired) electrons. The number of aromatic hydroxyl groups is 1. The Labute approximate surface area is 256 Å². The Morgan fingerprint density at radius 2 is 1.13 bits per heavy atom. The second-order valence-corrected chi connectivity index (χ2v) is 9.85. The standard InChI is InChI=1S/C10H13N5O4.C10H12N4O5.C4H6O4/c11-8-5-9(13-2-12-8)15(3-14-5)10-7(18)6(17)4(1-16)19-10;15-1-4-6(16)7(17)10(19-4)14-3-13-5-8(14)11-2-12-9(5)18;5-3(6)1-2-4(7)8/h2-4,6-7,10,16-18H,1H2,(H2,11,12,13);2-4,6-7,10,15-17H,1H2,(H,11,12,18);1-2H2,(H,5,6)(H,7,8)/t2*4-,6-,7-,10-;/m11./s1. The van der Waals surface area contributed by atoms with Crippen LogP contribution in [0.5, 0.6) is 5.88 Å². The van der Waals surface area contributed by atoms with Crippen molar-refractivity contribution in [2.75, 3.05) is 18.9 Å². The molecule has 2 aliphatic heterocycles. The maximum Gasteiger partial charge on any atom is 0.303 e. The maximum atomic E-state index is 9.95. The number of carboxylic acids is 2. The quantitative estimate of drug-likeness (QED) is 0.0910. The number of rotatable bonds is 7. The summed E-state index contributed by atoms with van der Waals surface area (Å²) in [6, 6.07) is 0. The van der Waals surface area contributed by atoms with Crippen molar-refractivity contribution in [1.82, 2.24) is 39.0 Å². The van der Waals surface area contributed by atoms with Crippen LogP contribution in [-0.4, -0.2) is 147 Å². The first kappa shape index (κ1) is 34.2. The zero-order valence-corrected chi connectivity index (χ0v) is 23.6. The van der Waals surface area contributed by atoms with E-state index in [1.807, 2.05) is 0 Å². The predicted octanol–water partition coefficient (Wildman–Crippen LogP) is -3.90. The molecule has 11 N–H and O–H groups in total. The van der Waals surface area contributed by atoms with Crippen molar-refractivity contribution in [3.63, 3.8) is 0 Å². The van der Waals surface area contributed by atoms with E-state index in [1.165, 1.54) is 28.1 Å². The van der Waals surface area contributed by atoms with Gasteiger partial charge in [-0.2, -0.15) is 4.98 Å². The smallest absolute Gasteiger partial charge is 0.303 e. The van der Waals surface area contributed by atoms with E-state index in [1.54, 1.807) is 0 Å². The Morgan fingerprint density at radius 1 is 0.696 bits per heavy atom. The molecule has 0 bridgehead atoms. The van der Waals surface area contributed by atoms with Gasteiger partial charge in [-0.25, -0.2) is 24.9 Å². The number of aliphatic hydroxyl groups is 6. The summed E-state index contributed by atoms with van der Waals surface area (Å²) in [5.74, 6) is -2.22.